The summed E-state index contributed by atoms with van der Waals surface area (Å²) in [4.78, 5) is 28.5. The highest BCUT2D eigenvalue weighted by Crippen LogP contribution is 2.45. The predicted molar refractivity (Wildman–Crippen MR) is 133 cm³/mol. The maximum absolute atomic E-state index is 13.3. The molecular formula is C27H30ClNO5. The molecule has 0 bridgehead atoms. The van der Waals surface area contributed by atoms with Gasteiger partial charge in [0, 0.05) is 22.1 Å². The van der Waals surface area contributed by atoms with Crippen LogP contribution in [0.5, 0.6) is 5.75 Å². The van der Waals surface area contributed by atoms with Crippen molar-refractivity contribution in [1.82, 2.24) is 0 Å². The molecule has 1 heterocycles. The van der Waals surface area contributed by atoms with Crippen LogP contribution in [0.4, 0.5) is 5.69 Å². The normalized spacial score (nSPS) is 14.4. The Balaban J connectivity index is 2.26. The molecule has 1 aliphatic heterocycles. The molecule has 0 radical (unpaired) electrons. The molecule has 0 atom stereocenters. The van der Waals surface area contributed by atoms with Crippen molar-refractivity contribution in [1.29, 1.82) is 0 Å². The number of allylic oxidation sites excluding steroid dienone is 2. The van der Waals surface area contributed by atoms with Crippen molar-refractivity contribution in [2.45, 2.75) is 40.5 Å². The van der Waals surface area contributed by atoms with Crippen LogP contribution in [-0.2, 0) is 19.1 Å². The molecule has 0 aliphatic carbocycles. The second kappa shape index (κ2) is 11.3. The van der Waals surface area contributed by atoms with E-state index in [-0.39, 0.29) is 13.2 Å². The SMILES string of the molecule is CCOC(=O)C1=C(C)N(c2ccc(OCC)cc2)C(C)=C(C(=O)OCC)C1c1ccc(Cl)cc1. The Labute approximate surface area is 205 Å². The quantitative estimate of drug-likeness (QED) is 0.428. The minimum Gasteiger partial charge on any atom is -0.494 e. The topological polar surface area (TPSA) is 65.1 Å². The van der Waals surface area contributed by atoms with Crippen LogP contribution in [-0.4, -0.2) is 31.8 Å². The Morgan fingerprint density at radius 2 is 1.29 bits per heavy atom. The fraction of sp³-hybridized carbons (Fsp3) is 0.333. The minimum absolute atomic E-state index is 0.212. The second-order valence-corrected chi connectivity index (χ2v) is 8.12. The highest BCUT2D eigenvalue weighted by Gasteiger charge is 2.41. The van der Waals surface area contributed by atoms with Gasteiger partial charge in [-0.2, -0.15) is 0 Å². The summed E-state index contributed by atoms with van der Waals surface area (Å²) in [7, 11) is 0. The van der Waals surface area contributed by atoms with Crippen molar-refractivity contribution < 1.29 is 23.8 Å². The first-order valence-corrected chi connectivity index (χ1v) is 11.8. The van der Waals surface area contributed by atoms with E-state index < -0.39 is 17.9 Å². The van der Waals surface area contributed by atoms with Crippen LogP contribution in [0.25, 0.3) is 0 Å². The fourth-order valence-electron chi connectivity index (χ4n) is 4.24. The number of benzene rings is 2. The van der Waals surface area contributed by atoms with E-state index in [1.165, 1.54) is 0 Å². The third kappa shape index (κ3) is 5.12. The first-order valence-electron chi connectivity index (χ1n) is 11.4. The molecule has 180 valence electrons. The zero-order chi connectivity index (χ0) is 24.8. The highest BCUT2D eigenvalue weighted by molar-refractivity contribution is 6.30. The Morgan fingerprint density at radius 1 is 0.794 bits per heavy atom. The van der Waals surface area contributed by atoms with E-state index in [1.54, 1.807) is 26.0 Å². The lowest BCUT2D eigenvalue weighted by atomic mass is 9.79. The molecule has 1 aliphatic rings. The number of hydrogen-bond acceptors (Lipinski definition) is 6. The number of ether oxygens (including phenoxy) is 3. The molecule has 34 heavy (non-hydrogen) atoms. The molecule has 0 saturated carbocycles. The summed E-state index contributed by atoms with van der Waals surface area (Å²) in [6.45, 7) is 10.1. The Kier molecular flexibility index (Phi) is 8.40. The number of rotatable bonds is 8. The maximum atomic E-state index is 13.3. The van der Waals surface area contributed by atoms with Gasteiger partial charge in [0.05, 0.1) is 36.9 Å². The average molecular weight is 484 g/mol. The van der Waals surface area contributed by atoms with Crippen molar-refractivity contribution in [3.63, 3.8) is 0 Å². The number of carbonyl (C=O) groups is 2. The molecule has 0 spiro atoms. The van der Waals surface area contributed by atoms with Crippen LogP contribution in [0, 0.1) is 0 Å². The third-order valence-corrected chi connectivity index (χ3v) is 5.88. The first kappa shape index (κ1) is 25.4. The summed E-state index contributed by atoms with van der Waals surface area (Å²) < 4.78 is 16.5. The molecule has 0 amide bonds. The van der Waals surface area contributed by atoms with Gasteiger partial charge in [-0.25, -0.2) is 9.59 Å². The summed E-state index contributed by atoms with van der Waals surface area (Å²) in [5.41, 5.74) is 3.65. The van der Waals surface area contributed by atoms with E-state index >= 15 is 0 Å². The number of esters is 2. The Hall–Kier alpha value is -3.25. The van der Waals surface area contributed by atoms with E-state index in [9.17, 15) is 9.59 Å². The lowest BCUT2D eigenvalue weighted by Crippen LogP contribution is -2.35. The van der Waals surface area contributed by atoms with E-state index in [0.717, 1.165) is 17.0 Å². The second-order valence-electron chi connectivity index (χ2n) is 7.69. The molecule has 3 rings (SSSR count). The molecule has 0 fully saturated rings. The van der Waals surface area contributed by atoms with Gasteiger partial charge in [-0.15, -0.1) is 0 Å². The van der Waals surface area contributed by atoms with E-state index in [4.69, 9.17) is 25.8 Å². The summed E-state index contributed by atoms with van der Waals surface area (Å²) in [5, 5.41) is 0.562. The summed E-state index contributed by atoms with van der Waals surface area (Å²) >= 11 is 6.12. The monoisotopic (exact) mass is 483 g/mol. The van der Waals surface area contributed by atoms with E-state index in [0.29, 0.717) is 34.2 Å². The smallest absolute Gasteiger partial charge is 0.336 e. The van der Waals surface area contributed by atoms with Crippen molar-refractivity contribution in [3.05, 3.63) is 81.7 Å². The van der Waals surface area contributed by atoms with E-state index in [2.05, 4.69) is 0 Å². The van der Waals surface area contributed by atoms with Gasteiger partial charge < -0.3 is 19.1 Å². The highest BCUT2D eigenvalue weighted by atomic mass is 35.5. The largest absolute Gasteiger partial charge is 0.494 e. The molecular weight excluding hydrogens is 454 g/mol. The fourth-order valence-corrected chi connectivity index (χ4v) is 4.36. The number of nitrogens with zero attached hydrogens (tertiary/aromatic N) is 1. The van der Waals surface area contributed by atoms with Gasteiger partial charge in [0.2, 0.25) is 0 Å². The zero-order valence-electron chi connectivity index (χ0n) is 20.2. The van der Waals surface area contributed by atoms with Gasteiger partial charge in [-0.05, 0) is 76.6 Å². The molecule has 2 aromatic rings. The lowest BCUT2D eigenvalue weighted by Gasteiger charge is -2.38. The van der Waals surface area contributed by atoms with Crippen LogP contribution >= 0.6 is 11.6 Å². The molecule has 6 nitrogen and oxygen atoms in total. The van der Waals surface area contributed by atoms with E-state index in [1.807, 2.05) is 62.1 Å². The minimum atomic E-state index is -0.658. The number of halogens is 1. The predicted octanol–water partition coefficient (Wildman–Crippen LogP) is 6.02. The van der Waals surface area contributed by atoms with Crippen molar-refractivity contribution >= 4 is 29.2 Å². The number of anilines is 1. The zero-order valence-corrected chi connectivity index (χ0v) is 20.9. The molecule has 0 unspecified atom stereocenters. The number of carbonyl (C=O) groups excluding carboxylic acids is 2. The van der Waals surface area contributed by atoms with Crippen LogP contribution in [0.1, 0.15) is 46.1 Å². The Morgan fingerprint density at radius 3 is 1.74 bits per heavy atom. The van der Waals surface area contributed by atoms with Crippen molar-refractivity contribution in [2.24, 2.45) is 0 Å². The summed E-state index contributed by atoms with van der Waals surface area (Å²) in [5.74, 6) is -0.883. The van der Waals surface area contributed by atoms with Gasteiger partial charge in [0.25, 0.3) is 0 Å². The van der Waals surface area contributed by atoms with Crippen molar-refractivity contribution in [3.8, 4) is 5.75 Å². The molecule has 2 aromatic carbocycles. The lowest BCUT2D eigenvalue weighted by molar-refractivity contribution is -0.139. The Bertz CT molecular complexity index is 1060. The van der Waals surface area contributed by atoms with Crippen LogP contribution in [0.3, 0.4) is 0 Å². The van der Waals surface area contributed by atoms with Crippen molar-refractivity contribution in [2.75, 3.05) is 24.7 Å². The van der Waals surface area contributed by atoms with Gasteiger partial charge in [-0.3, -0.25) is 0 Å². The van der Waals surface area contributed by atoms with Crippen LogP contribution < -0.4 is 9.64 Å². The van der Waals surface area contributed by atoms with Gasteiger partial charge >= 0.3 is 11.9 Å². The van der Waals surface area contributed by atoms with Gasteiger partial charge in [-0.1, -0.05) is 23.7 Å². The summed E-state index contributed by atoms with van der Waals surface area (Å²) in [6.07, 6.45) is 0. The van der Waals surface area contributed by atoms with Gasteiger partial charge in [0.15, 0.2) is 0 Å². The molecule has 0 N–H and O–H groups in total. The number of hydrogen-bond donors (Lipinski definition) is 0. The maximum Gasteiger partial charge on any atom is 0.336 e. The molecule has 0 aromatic heterocycles. The standard InChI is InChI=1S/C27H30ClNO5/c1-6-32-22-15-13-21(14-16-22)29-17(4)23(26(30)33-7-2)25(19-9-11-20(28)12-10-19)24(18(29)5)27(31)34-8-3/h9-16,25H,6-8H2,1-5H3. The summed E-state index contributed by atoms with van der Waals surface area (Å²) in [6, 6.07) is 14.6. The van der Waals surface area contributed by atoms with Gasteiger partial charge in [0.1, 0.15) is 5.75 Å². The molecule has 0 saturated heterocycles. The van der Waals surface area contributed by atoms with Crippen LogP contribution in [0.2, 0.25) is 5.02 Å². The average Bonchev–Trinajstić information content (AvgIpc) is 2.81. The first-order chi connectivity index (χ1) is 16.3. The third-order valence-electron chi connectivity index (χ3n) is 5.63. The van der Waals surface area contributed by atoms with Crippen LogP contribution in [0.15, 0.2) is 71.1 Å². The molecule has 7 heteroatoms.